The molecule has 0 aromatic heterocycles. The van der Waals surface area contributed by atoms with Crippen LogP contribution in [0.15, 0.2) is 18.2 Å². The Hall–Kier alpha value is -1.71. The summed E-state index contributed by atoms with van der Waals surface area (Å²) >= 11 is 0. The van der Waals surface area contributed by atoms with Crippen LogP contribution >= 0.6 is 0 Å². The van der Waals surface area contributed by atoms with Crippen LogP contribution in [-0.4, -0.2) is 17.3 Å². The summed E-state index contributed by atoms with van der Waals surface area (Å²) in [5.74, 6) is 0.108. The first-order valence-electron chi connectivity index (χ1n) is 4.53. The molecule has 0 saturated carbocycles. The van der Waals surface area contributed by atoms with E-state index in [2.05, 4.69) is 5.32 Å². The first-order chi connectivity index (χ1) is 6.74. The van der Waals surface area contributed by atoms with E-state index in [1.54, 1.807) is 18.2 Å². The zero-order chi connectivity index (χ0) is 9.71. The van der Waals surface area contributed by atoms with E-state index in [1.165, 1.54) is 0 Å². The lowest BCUT2D eigenvalue weighted by Gasteiger charge is -2.06. The standard InChI is InChI=1S/C10H9NO3/c12-5-1-2-8-6(3-5)7-4-9(13)14-10(7)11-8/h1-3,7,10-12H,4H2. The van der Waals surface area contributed by atoms with E-state index in [0.29, 0.717) is 6.42 Å². The van der Waals surface area contributed by atoms with Crippen LogP contribution in [-0.2, 0) is 9.53 Å². The van der Waals surface area contributed by atoms with E-state index in [4.69, 9.17) is 4.74 Å². The number of rotatable bonds is 0. The van der Waals surface area contributed by atoms with Crippen LogP contribution < -0.4 is 5.32 Å². The number of aromatic hydroxyl groups is 1. The molecule has 2 unspecified atom stereocenters. The monoisotopic (exact) mass is 191 g/mol. The van der Waals surface area contributed by atoms with Gasteiger partial charge in [0.1, 0.15) is 5.75 Å². The van der Waals surface area contributed by atoms with Gasteiger partial charge in [-0.3, -0.25) is 4.79 Å². The number of ether oxygens (including phenoxy) is 1. The molecule has 0 aliphatic carbocycles. The first-order valence-corrected chi connectivity index (χ1v) is 4.53. The first kappa shape index (κ1) is 7.67. The van der Waals surface area contributed by atoms with Crippen molar-refractivity contribution in [2.24, 2.45) is 0 Å². The Morgan fingerprint density at radius 2 is 2.36 bits per heavy atom. The van der Waals surface area contributed by atoms with Gasteiger partial charge in [0.05, 0.1) is 12.3 Å². The van der Waals surface area contributed by atoms with Gasteiger partial charge in [-0.05, 0) is 23.8 Å². The van der Waals surface area contributed by atoms with Gasteiger partial charge in [-0.1, -0.05) is 0 Å². The molecule has 1 saturated heterocycles. The van der Waals surface area contributed by atoms with E-state index in [-0.39, 0.29) is 23.9 Å². The Labute approximate surface area is 80.5 Å². The zero-order valence-corrected chi connectivity index (χ0v) is 7.36. The number of carbonyl (C=O) groups excluding carboxylic acids is 1. The quantitative estimate of drug-likeness (QED) is 0.477. The van der Waals surface area contributed by atoms with Gasteiger partial charge in [0.25, 0.3) is 0 Å². The Balaban J connectivity index is 2.07. The Morgan fingerprint density at radius 1 is 1.50 bits per heavy atom. The highest BCUT2D eigenvalue weighted by molar-refractivity contribution is 5.77. The number of phenols is 1. The Morgan fingerprint density at radius 3 is 3.21 bits per heavy atom. The molecule has 1 aromatic carbocycles. The highest BCUT2D eigenvalue weighted by Gasteiger charge is 2.41. The smallest absolute Gasteiger partial charge is 0.308 e. The summed E-state index contributed by atoms with van der Waals surface area (Å²) in [6.07, 6.45) is 0.160. The Bertz CT molecular complexity index is 416. The van der Waals surface area contributed by atoms with Crippen molar-refractivity contribution in [2.75, 3.05) is 5.32 Å². The number of esters is 1. The second kappa shape index (κ2) is 2.41. The molecule has 4 heteroatoms. The van der Waals surface area contributed by atoms with Crippen molar-refractivity contribution in [3.8, 4) is 5.75 Å². The third-order valence-electron chi connectivity index (χ3n) is 2.74. The van der Waals surface area contributed by atoms with Gasteiger partial charge in [-0.15, -0.1) is 0 Å². The van der Waals surface area contributed by atoms with Crippen LogP contribution in [0.3, 0.4) is 0 Å². The van der Waals surface area contributed by atoms with Crippen molar-refractivity contribution in [2.45, 2.75) is 18.6 Å². The van der Waals surface area contributed by atoms with Crippen LogP contribution in [0, 0.1) is 0 Å². The fraction of sp³-hybridized carbons (Fsp3) is 0.300. The van der Waals surface area contributed by atoms with Crippen molar-refractivity contribution in [3.63, 3.8) is 0 Å². The summed E-state index contributed by atoms with van der Waals surface area (Å²) in [5, 5.41) is 12.4. The van der Waals surface area contributed by atoms with Crippen LogP contribution in [0.25, 0.3) is 0 Å². The highest BCUT2D eigenvalue weighted by atomic mass is 16.6. The molecule has 0 bridgehead atoms. The van der Waals surface area contributed by atoms with Gasteiger partial charge in [-0.25, -0.2) is 0 Å². The lowest BCUT2D eigenvalue weighted by atomic mass is 9.98. The normalized spacial score (nSPS) is 27.9. The van der Waals surface area contributed by atoms with Crippen LogP contribution in [0.4, 0.5) is 5.69 Å². The SMILES string of the molecule is O=C1CC2c3cc(O)ccc3NC2O1. The van der Waals surface area contributed by atoms with Crippen molar-refractivity contribution in [3.05, 3.63) is 23.8 Å². The molecule has 0 amide bonds. The van der Waals surface area contributed by atoms with Crippen molar-refractivity contribution in [1.29, 1.82) is 0 Å². The van der Waals surface area contributed by atoms with E-state index < -0.39 is 0 Å². The molecule has 0 radical (unpaired) electrons. The van der Waals surface area contributed by atoms with E-state index in [1.807, 2.05) is 0 Å². The van der Waals surface area contributed by atoms with Gasteiger partial charge in [0.15, 0.2) is 6.23 Å². The van der Waals surface area contributed by atoms with Gasteiger partial charge >= 0.3 is 5.97 Å². The maximum atomic E-state index is 11.0. The summed E-state index contributed by atoms with van der Waals surface area (Å²) in [7, 11) is 0. The molecular weight excluding hydrogens is 182 g/mol. The van der Waals surface area contributed by atoms with Gasteiger partial charge < -0.3 is 15.2 Å². The summed E-state index contributed by atoms with van der Waals surface area (Å²) in [4.78, 5) is 11.0. The van der Waals surface area contributed by atoms with E-state index in [9.17, 15) is 9.90 Å². The molecule has 0 spiro atoms. The molecule has 2 N–H and O–H groups in total. The average Bonchev–Trinajstić information content (AvgIpc) is 2.62. The van der Waals surface area contributed by atoms with Gasteiger partial charge in [-0.2, -0.15) is 0 Å². The molecule has 2 atom stereocenters. The molecule has 2 aliphatic rings. The van der Waals surface area contributed by atoms with Gasteiger partial charge in [0, 0.05) is 5.69 Å². The zero-order valence-electron chi connectivity index (χ0n) is 7.36. The van der Waals surface area contributed by atoms with E-state index >= 15 is 0 Å². The number of anilines is 1. The summed E-state index contributed by atoms with van der Waals surface area (Å²) < 4.78 is 5.08. The lowest BCUT2D eigenvalue weighted by molar-refractivity contribution is -0.140. The molecule has 2 aliphatic heterocycles. The molecule has 4 nitrogen and oxygen atoms in total. The lowest BCUT2D eigenvalue weighted by Crippen LogP contribution is -2.16. The molecule has 3 rings (SSSR count). The number of phenolic OH excluding ortho intramolecular Hbond substituents is 1. The minimum Gasteiger partial charge on any atom is -0.508 e. The number of fused-ring (bicyclic) bond motifs is 3. The largest absolute Gasteiger partial charge is 0.508 e. The van der Waals surface area contributed by atoms with Crippen molar-refractivity contribution in [1.82, 2.24) is 0 Å². The topological polar surface area (TPSA) is 58.6 Å². The van der Waals surface area contributed by atoms with Gasteiger partial charge in [0.2, 0.25) is 0 Å². The minimum absolute atomic E-state index is 0.0598. The molecule has 1 aromatic rings. The van der Waals surface area contributed by atoms with Crippen LogP contribution in [0.5, 0.6) is 5.75 Å². The molecular formula is C10H9NO3. The molecule has 72 valence electrons. The maximum absolute atomic E-state index is 11.0. The number of hydrogen-bond acceptors (Lipinski definition) is 4. The third-order valence-corrected chi connectivity index (χ3v) is 2.74. The average molecular weight is 191 g/mol. The maximum Gasteiger partial charge on any atom is 0.308 e. The van der Waals surface area contributed by atoms with Crippen LogP contribution in [0.2, 0.25) is 0 Å². The predicted octanol–water partition coefficient (Wildman–Crippen LogP) is 1.17. The third kappa shape index (κ3) is 0.907. The number of benzene rings is 1. The second-order valence-electron chi connectivity index (χ2n) is 3.64. The summed E-state index contributed by atoms with van der Waals surface area (Å²) in [6.45, 7) is 0. The fourth-order valence-electron chi connectivity index (χ4n) is 2.10. The number of hydrogen-bond donors (Lipinski definition) is 2. The number of carbonyl (C=O) groups is 1. The Kier molecular flexibility index (Phi) is 1.32. The molecule has 14 heavy (non-hydrogen) atoms. The van der Waals surface area contributed by atoms with E-state index in [0.717, 1.165) is 11.3 Å². The molecule has 1 fully saturated rings. The summed E-state index contributed by atoms with van der Waals surface area (Å²) in [6, 6.07) is 5.11. The second-order valence-corrected chi connectivity index (χ2v) is 3.64. The highest BCUT2D eigenvalue weighted by Crippen LogP contribution is 2.43. The van der Waals surface area contributed by atoms with Crippen molar-refractivity contribution >= 4 is 11.7 Å². The predicted molar refractivity (Wildman–Crippen MR) is 49.0 cm³/mol. The van der Waals surface area contributed by atoms with Crippen molar-refractivity contribution < 1.29 is 14.6 Å². The summed E-state index contributed by atoms with van der Waals surface area (Å²) in [5.41, 5.74) is 1.92. The van der Waals surface area contributed by atoms with Crippen LogP contribution in [0.1, 0.15) is 17.9 Å². The molecule has 2 heterocycles. The fourth-order valence-corrected chi connectivity index (χ4v) is 2.10. The minimum atomic E-state index is -0.237. The number of nitrogens with one attached hydrogen (secondary N) is 1.